The van der Waals surface area contributed by atoms with Gasteiger partial charge in [0.1, 0.15) is 0 Å². The highest BCUT2D eigenvalue weighted by Gasteiger charge is 2.06. The van der Waals surface area contributed by atoms with Gasteiger partial charge in [-0.2, -0.15) is 0 Å². The molecule has 0 atom stereocenters. The van der Waals surface area contributed by atoms with Crippen LogP contribution in [0.3, 0.4) is 0 Å². The van der Waals surface area contributed by atoms with Gasteiger partial charge in [-0.1, -0.05) is 48.5 Å². The monoisotopic (exact) mass is 247 g/mol. The summed E-state index contributed by atoms with van der Waals surface area (Å²) in [6.07, 6.45) is 2.27. The Labute approximate surface area is 113 Å². The molecule has 1 N–H and O–H groups in total. The Hall–Kier alpha value is -2.28. The molecule has 0 fully saturated rings. The number of H-pyrrole nitrogens is 1. The molecule has 19 heavy (non-hydrogen) atoms. The first-order valence-corrected chi connectivity index (χ1v) is 6.57. The molecule has 3 rings (SSSR count). The van der Waals surface area contributed by atoms with E-state index in [-0.39, 0.29) is 0 Å². The molecule has 3 aromatic rings. The second-order valence-corrected chi connectivity index (χ2v) is 4.90. The van der Waals surface area contributed by atoms with Crippen molar-refractivity contribution in [2.24, 2.45) is 0 Å². The van der Waals surface area contributed by atoms with Crippen molar-refractivity contribution in [3.05, 3.63) is 71.4 Å². The van der Waals surface area contributed by atoms with Crippen LogP contribution < -0.4 is 0 Å². The lowest BCUT2D eigenvalue weighted by atomic mass is 10.0. The lowest BCUT2D eigenvalue weighted by Crippen LogP contribution is -1.80. The lowest BCUT2D eigenvalue weighted by molar-refractivity contribution is 1.29. The number of aryl methyl sites for hydroxylation is 1. The quantitative estimate of drug-likeness (QED) is 0.653. The number of allylic oxidation sites excluding steroid dienone is 1. The van der Waals surface area contributed by atoms with E-state index in [4.69, 9.17) is 0 Å². The third-order valence-electron chi connectivity index (χ3n) is 3.53. The largest absolute Gasteiger partial charge is 0.358 e. The number of fused-ring (bicyclic) bond motifs is 1. The Bertz CT molecular complexity index is 733. The molecule has 0 saturated heterocycles. The SMILES string of the molecule is C/C(=C\c1c(C)[nH]c2ccccc12)c1ccccc1. The third-order valence-corrected chi connectivity index (χ3v) is 3.53. The highest BCUT2D eigenvalue weighted by Crippen LogP contribution is 2.26. The zero-order chi connectivity index (χ0) is 13.2. The van der Waals surface area contributed by atoms with Gasteiger partial charge in [0, 0.05) is 22.2 Å². The summed E-state index contributed by atoms with van der Waals surface area (Å²) < 4.78 is 0. The second kappa shape index (κ2) is 4.77. The first-order chi connectivity index (χ1) is 9.25. The number of aromatic nitrogens is 1. The fourth-order valence-corrected chi connectivity index (χ4v) is 2.49. The summed E-state index contributed by atoms with van der Waals surface area (Å²) in [5.41, 5.74) is 6.26. The van der Waals surface area contributed by atoms with Gasteiger partial charge in [0.15, 0.2) is 0 Å². The number of hydrogen-bond donors (Lipinski definition) is 1. The molecule has 0 aliphatic heterocycles. The van der Waals surface area contributed by atoms with Crippen molar-refractivity contribution >= 4 is 22.6 Å². The predicted molar refractivity (Wildman–Crippen MR) is 83.0 cm³/mol. The summed E-state index contributed by atoms with van der Waals surface area (Å²) in [7, 11) is 0. The topological polar surface area (TPSA) is 15.8 Å². The van der Waals surface area contributed by atoms with E-state index in [0.29, 0.717) is 0 Å². The Kier molecular flexibility index (Phi) is 2.96. The maximum Gasteiger partial charge on any atom is 0.0462 e. The van der Waals surface area contributed by atoms with Crippen LogP contribution in [0.4, 0.5) is 0 Å². The van der Waals surface area contributed by atoms with E-state index in [0.717, 1.165) is 0 Å². The van der Waals surface area contributed by atoms with Crippen molar-refractivity contribution < 1.29 is 0 Å². The predicted octanol–water partition coefficient (Wildman–Crippen LogP) is 5.04. The van der Waals surface area contributed by atoms with Crippen LogP contribution in [0.1, 0.15) is 23.7 Å². The molecule has 0 radical (unpaired) electrons. The molecule has 1 aromatic heterocycles. The molecule has 0 aliphatic carbocycles. The number of hydrogen-bond acceptors (Lipinski definition) is 0. The molecule has 0 amide bonds. The van der Waals surface area contributed by atoms with Crippen LogP contribution in [0.5, 0.6) is 0 Å². The van der Waals surface area contributed by atoms with E-state index in [9.17, 15) is 0 Å². The molecule has 2 aromatic carbocycles. The fraction of sp³-hybridized carbons (Fsp3) is 0.111. The van der Waals surface area contributed by atoms with Gasteiger partial charge in [-0.3, -0.25) is 0 Å². The van der Waals surface area contributed by atoms with Crippen LogP contribution in [0.25, 0.3) is 22.6 Å². The van der Waals surface area contributed by atoms with Crippen molar-refractivity contribution in [3.8, 4) is 0 Å². The van der Waals surface area contributed by atoms with Gasteiger partial charge in [-0.15, -0.1) is 0 Å². The second-order valence-electron chi connectivity index (χ2n) is 4.90. The average molecular weight is 247 g/mol. The summed E-state index contributed by atoms with van der Waals surface area (Å²) in [4.78, 5) is 3.44. The molecule has 0 aliphatic rings. The molecule has 0 spiro atoms. The first-order valence-electron chi connectivity index (χ1n) is 6.57. The highest BCUT2D eigenvalue weighted by atomic mass is 14.7. The van der Waals surface area contributed by atoms with Gasteiger partial charge >= 0.3 is 0 Å². The van der Waals surface area contributed by atoms with Crippen molar-refractivity contribution in [3.63, 3.8) is 0 Å². The molecule has 1 nitrogen and oxygen atoms in total. The van der Waals surface area contributed by atoms with Crippen LogP contribution in [0.15, 0.2) is 54.6 Å². The van der Waals surface area contributed by atoms with Gasteiger partial charge in [0.2, 0.25) is 0 Å². The summed E-state index contributed by atoms with van der Waals surface area (Å²) in [5.74, 6) is 0. The molecular weight excluding hydrogens is 230 g/mol. The van der Waals surface area contributed by atoms with Crippen LogP contribution in [0, 0.1) is 6.92 Å². The minimum absolute atomic E-state index is 1.20. The zero-order valence-electron chi connectivity index (χ0n) is 11.3. The van der Waals surface area contributed by atoms with E-state index in [1.807, 2.05) is 6.07 Å². The van der Waals surface area contributed by atoms with Gasteiger partial charge in [0.25, 0.3) is 0 Å². The van der Waals surface area contributed by atoms with Crippen molar-refractivity contribution in [2.45, 2.75) is 13.8 Å². The normalized spacial score (nSPS) is 12.0. The smallest absolute Gasteiger partial charge is 0.0462 e. The number of aromatic amines is 1. The summed E-state index contributed by atoms with van der Waals surface area (Å²) in [6.45, 7) is 4.29. The summed E-state index contributed by atoms with van der Waals surface area (Å²) in [6, 6.07) is 18.9. The summed E-state index contributed by atoms with van der Waals surface area (Å²) >= 11 is 0. The Morgan fingerprint density at radius 1 is 0.947 bits per heavy atom. The standard InChI is InChI=1S/C18H17N/c1-13(15-8-4-3-5-9-15)12-17-14(2)19-18-11-7-6-10-16(17)18/h3-12,19H,1-2H3/b13-12+. The molecule has 1 heteroatoms. The van der Waals surface area contributed by atoms with E-state index in [1.54, 1.807) is 0 Å². The minimum Gasteiger partial charge on any atom is -0.358 e. The lowest BCUT2D eigenvalue weighted by Gasteiger charge is -2.02. The molecular formula is C18H17N. The van der Waals surface area contributed by atoms with Gasteiger partial charge in [-0.25, -0.2) is 0 Å². The van der Waals surface area contributed by atoms with E-state index in [2.05, 4.69) is 73.4 Å². The number of nitrogens with one attached hydrogen (secondary N) is 1. The third kappa shape index (κ3) is 2.19. The van der Waals surface area contributed by atoms with Crippen molar-refractivity contribution in [1.82, 2.24) is 4.98 Å². The molecule has 1 heterocycles. The highest BCUT2D eigenvalue weighted by molar-refractivity contribution is 5.95. The Morgan fingerprint density at radius 2 is 1.63 bits per heavy atom. The number of benzene rings is 2. The van der Waals surface area contributed by atoms with E-state index >= 15 is 0 Å². The van der Waals surface area contributed by atoms with E-state index < -0.39 is 0 Å². The number of para-hydroxylation sites is 1. The van der Waals surface area contributed by atoms with Gasteiger partial charge in [0.05, 0.1) is 0 Å². The average Bonchev–Trinajstić information content (AvgIpc) is 2.76. The Morgan fingerprint density at radius 3 is 2.42 bits per heavy atom. The molecule has 0 unspecified atom stereocenters. The van der Waals surface area contributed by atoms with Crippen molar-refractivity contribution in [1.29, 1.82) is 0 Å². The van der Waals surface area contributed by atoms with E-state index in [1.165, 1.54) is 33.3 Å². The summed E-state index contributed by atoms with van der Waals surface area (Å²) in [5, 5.41) is 1.29. The van der Waals surface area contributed by atoms with Crippen molar-refractivity contribution in [2.75, 3.05) is 0 Å². The van der Waals surface area contributed by atoms with Crippen LogP contribution in [-0.4, -0.2) is 4.98 Å². The maximum atomic E-state index is 3.44. The van der Waals surface area contributed by atoms with Crippen LogP contribution in [0.2, 0.25) is 0 Å². The molecule has 0 bridgehead atoms. The van der Waals surface area contributed by atoms with Gasteiger partial charge < -0.3 is 4.98 Å². The first kappa shape index (κ1) is 11.8. The zero-order valence-corrected chi connectivity index (χ0v) is 11.3. The van der Waals surface area contributed by atoms with Crippen LogP contribution >= 0.6 is 0 Å². The number of rotatable bonds is 2. The van der Waals surface area contributed by atoms with Gasteiger partial charge in [-0.05, 0) is 37.1 Å². The fourth-order valence-electron chi connectivity index (χ4n) is 2.49. The molecule has 0 saturated carbocycles. The van der Waals surface area contributed by atoms with Crippen LogP contribution in [-0.2, 0) is 0 Å². The Balaban J connectivity index is 2.13. The minimum atomic E-state index is 1.20. The molecule has 94 valence electrons. The maximum absolute atomic E-state index is 3.44.